The van der Waals surface area contributed by atoms with Crippen LogP contribution in [0.25, 0.3) is 0 Å². The predicted molar refractivity (Wildman–Crippen MR) is 122 cm³/mol. The van der Waals surface area contributed by atoms with Crippen LogP contribution in [0.4, 0.5) is 5.13 Å². The number of nitrogens with one attached hydrogen (secondary N) is 1. The first kappa shape index (κ1) is 23.2. The van der Waals surface area contributed by atoms with Gasteiger partial charge in [-0.05, 0) is 36.4 Å². The molecule has 1 atom stereocenters. The van der Waals surface area contributed by atoms with Crippen molar-refractivity contribution in [3.05, 3.63) is 59.1 Å². The number of aliphatic hydroxyl groups excluding tert-OH is 1. The van der Waals surface area contributed by atoms with Gasteiger partial charge in [0, 0.05) is 29.7 Å². The monoisotopic (exact) mass is 490 g/mol. The Bertz CT molecular complexity index is 1230. The summed E-state index contributed by atoms with van der Waals surface area (Å²) in [6.07, 6.45) is 1.74. The standard InChI is InChI=1S/C22H22N2O7S2/c1-33(27,28)20-4-2-16(3-5-20)30-18-8-14(9-19(10-18)31-17-6-7-29-12-17)21(26)24-22-23-15(11-25)13-32-22/h2-5,8-10,13,17,25H,6-7,11-12H2,1H3,(H,23,24,26)/t17-/m0/s1. The van der Waals surface area contributed by atoms with Gasteiger partial charge in [0.15, 0.2) is 15.0 Å². The molecule has 1 aliphatic rings. The minimum atomic E-state index is -3.32. The smallest absolute Gasteiger partial charge is 0.257 e. The van der Waals surface area contributed by atoms with E-state index in [1.807, 2.05) is 0 Å². The Morgan fingerprint density at radius 1 is 1.21 bits per heavy atom. The number of ether oxygens (including phenoxy) is 3. The fourth-order valence-corrected chi connectivity index (χ4v) is 4.45. The van der Waals surface area contributed by atoms with Gasteiger partial charge in [0.25, 0.3) is 5.91 Å². The summed E-state index contributed by atoms with van der Waals surface area (Å²) in [7, 11) is -3.32. The Morgan fingerprint density at radius 3 is 2.61 bits per heavy atom. The molecule has 2 N–H and O–H groups in total. The van der Waals surface area contributed by atoms with Crippen LogP contribution in [-0.4, -0.2) is 50.0 Å². The second-order valence-electron chi connectivity index (χ2n) is 7.40. The van der Waals surface area contributed by atoms with Crippen molar-refractivity contribution in [2.75, 3.05) is 24.8 Å². The quantitative estimate of drug-likeness (QED) is 0.493. The SMILES string of the molecule is CS(=O)(=O)c1ccc(Oc2cc(O[C@H]3CCOC3)cc(C(=O)Nc3nc(CO)cs3)c2)cc1. The molecular formula is C22H22N2O7S2. The van der Waals surface area contributed by atoms with Gasteiger partial charge in [-0.3, -0.25) is 10.1 Å². The highest BCUT2D eigenvalue weighted by Crippen LogP contribution is 2.30. The molecule has 2 aromatic carbocycles. The number of thiazole rings is 1. The topological polar surface area (TPSA) is 124 Å². The molecule has 3 aromatic rings. The van der Waals surface area contributed by atoms with Gasteiger partial charge in [-0.15, -0.1) is 11.3 Å². The zero-order valence-corrected chi connectivity index (χ0v) is 19.3. The molecule has 174 valence electrons. The number of anilines is 1. The summed E-state index contributed by atoms with van der Waals surface area (Å²) in [4.78, 5) is 17.2. The third kappa shape index (κ3) is 6.08. The number of benzene rings is 2. The summed E-state index contributed by atoms with van der Waals surface area (Å²) >= 11 is 1.21. The van der Waals surface area contributed by atoms with Crippen LogP contribution in [0.1, 0.15) is 22.5 Å². The van der Waals surface area contributed by atoms with Gasteiger partial charge >= 0.3 is 0 Å². The van der Waals surface area contributed by atoms with E-state index in [9.17, 15) is 13.2 Å². The van der Waals surface area contributed by atoms with E-state index in [-0.39, 0.29) is 23.2 Å². The van der Waals surface area contributed by atoms with Crippen molar-refractivity contribution < 1.29 is 32.5 Å². The summed E-state index contributed by atoms with van der Waals surface area (Å²) in [6.45, 7) is 0.857. The minimum absolute atomic E-state index is 0.128. The average molecular weight is 491 g/mol. The van der Waals surface area contributed by atoms with E-state index in [4.69, 9.17) is 19.3 Å². The maximum Gasteiger partial charge on any atom is 0.257 e. The van der Waals surface area contributed by atoms with Crippen LogP contribution in [0.5, 0.6) is 17.2 Å². The molecular weight excluding hydrogens is 468 g/mol. The third-order valence-corrected chi connectivity index (χ3v) is 6.69. The molecule has 0 aliphatic carbocycles. The fourth-order valence-electron chi connectivity index (χ4n) is 3.13. The van der Waals surface area contributed by atoms with Crippen molar-refractivity contribution in [1.29, 1.82) is 0 Å². The summed E-state index contributed by atoms with van der Waals surface area (Å²) < 4.78 is 40.5. The van der Waals surface area contributed by atoms with Crippen LogP contribution in [0, 0.1) is 0 Å². The van der Waals surface area contributed by atoms with Crippen LogP contribution >= 0.6 is 11.3 Å². The number of hydrogen-bond donors (Lipinski definition) is 2. The molecule has 1 amide bonds. The van der Waals surface area contributed by atoms with E-state index >= 15 is 0 Å². The summed E-state index contributed by atoms with van der Waals surface area (Å²) in [5.74, 6) is 0.775. The maximum atomic E-state index is 12.9. The molecule has 4 rings (SSSR count). The lowest BCUT2D eigenvalue weighted by molar-refractivity contribution is 0.102. The van der Waals surface area contributed by atoms with Gasteiger partial charge in [-0.2, -0.15) is 0 Å². The van der Waals surface area contributed by atoms with Gasteiger partial charge in [0.2, 0.25) is 0 Å². The fraction of sp³-hybridized carbons (Fsp3) is 0.273. The van der Waals surface area contributed by atoms with Gasteiger partial charge in [-0.25, -0.2) is 13.4 Å². The Hall–Kier alpha value is -2.99. The molecule has 0 bridgehead atoms. The van der Waals surface area contributed by atoms with Crippen LogP contribution < -0.4 is 14.8 Å². The second-order valence-corrected chi connectivity index (χ2v) is 10.3. The first-order valence-corrected chi connectivity index (χ1v) is 12.8. The molecule has 1 aliphatic heterocycles. The summed E-state index contributed by atoms with van der Waals surface area (Å²) in [6, 6.07) is 10.8. The Balaban J connectivity index is 1.58. The van der Waals surface area contributed by atoms with Crippen molar-refractivity contribution in [1.82, 2.24) is 4.98 Å². The van der Waals surface area contributed by atoms with Gasteiger partial charge in [-0.1, -0.05) is 0 Å². The zero-order chi connectivity index (χ0) is 23.4. The number of carbonyl (C=O) groups is 1. The third-order valence-electron chi connectivity index (χ3n) is 4.75. The average Bonchev–Trinajstić information content (AvgIpc) is 3.45. The van der Waals surface area contributed by atoms with Crippen LogP contribution in [0.15, 0.2) is 52.7 Å². The van der Waals surface area contributed by atoms with E-state index in [1.54, 1.807) is 35.7 Å². The normalized spacial score (nSPS) is 15.9. The van der Waals surface area contributed by atoms with Crippen molar-refractivity contribution in [3.8, 4) is 17.2 Å². The lowest BCUT2D eigenvalue weighted by Crippen LogP contribution is -2.17. The van der Waals surface area contributed by atoms with Crippen molar-refractivity contribution in [2.45, 2.75) is 24.0 Å². The summed E-state index contributed by atoms with van der Waals surface area (Å²) in [5, 5.41) is 13.9. The van der Waals surface area contributed by atoms with Crippen LogP contribution in [0.2, 0.25) is 0 Å². The largest absolute Gasteiger partial charge is 0.488 e. The van der Waals surface area contributed by atoms with Gasteiger partial charge in [0.05, 0.1) is 30.4 Å². The lowest BCUT2D eigenvalue weighted by Gasteiger charge is -2.15. The Labute approximate surface area is 194 Å². The van der Waals surface area contributed by atoms with E-state index < -0.39 is 15.7 Å². The Kier molecular flexibility index (Phi) is 6.94. The lowest BCUT2D eigenvalue weighted by atomic mass is 10.2. The molecule has 0 spiro atoms. The summed E-state index contributed by atoms with van der Waals surface area (Å²) in [5.41, 5.74) is 0.755. The number of aliphatic hydroxyl groups is 1. The number of hydrogen-bond acceptors (Lipinski definition) is 9. The van der Waals surface area contributed by atoms with Gasteiger partial charge in [0.1, 0.15) is 23.4 Å². The molecule has 1 saturated heterocycles. The molecule has 11 heteroatoms. The zero-order valence-electron chi connectivity index (χ0n) is 17.7. The number of nitrogens with zero attached hydrogens (tertiary/aromatic N) is 1. The first-order valence-electron chi connectivity index (χ1n) is 10.0. The van der Waals surface area contributed by atoms with E-state index in [0.29, 0.717) is 41.3 Å². The molecule has 1 aromatic heterocycles. The minimum Gasteiger partial charge on any atom is -0.488 e. The van der Waals surface area contributed by atoms with E-state index in [1.165, 1.54) is 23.5 Å². The van der Waals surface area contributed by atoms with Crippen LogP contribution in [0.3, 0.4) is 0 Å². The van der Waals surface area contributed by atoms with Crippen molar-refractivity contribution >= 4 is 32.2 Å². The number of aromatic nitrogens is 1. The Morgan fingerprint density at radius 2 is 1.97 bits per heavy atom. The molecule has 0 saturated carbocycles. The second kappa shape index (κ2) is 9.87. The number of carbonyl (C=O) groups excluding carboxylic acids is 1. The highest BCUT2D eigenvalue weighted by molar-refractivity contribution is 7.90. The van der Waals surface area contributed by atoms with Gasteiger partial charge < -0.3 is 19.3 Å². The number of amides is 1. The molecule has 9 nitrogen and oxygen atoms in total. The molecule has 1 fully saturated rings. The van der Waals surface area contributed by atoms with E-state index in [2.05, 4.69) is 10.3 Å². The predicted octanol–water partition coefficient (Wildman–Crippen LogP) is 3.25. The molecule has 0 radical (unpaired) electrons. The van der Waals surface area contributed by atoms with Crippen molar-refractivity contribution in [2.24, 2.45) is 0 Å². The van der Waals surface area contributed by atoms with Crippen LogP contribution in [-0.2, 0) is 21.2 Å². The first-order chi connectivity index (χ1) is 15.8. The van der Waals surface area contributed by atoms with Crippen molar-refractivity contribution in [3.63, 3.8) is 0 Å². The number of rotatable bonds is 8. The molecule has 0 unspecified atom stereocenters. The number of sulfone groups is 1. The maximum absolute atomic E-state index is 12.9. The van der Waals surface area contributed by atoms with E-state index in [0.717, 1.165) is 12.7 Å². The highest BCUT2D eigenvalue weighted by Gasteiger charge is 2.19. The molecule has 33 heavy (non-hydrogen) atoms. The molecule has 2 heterocycles. The highest BCUT2D eigenvalue weighted by atomic mass is 32.2.